The molecule has 12 aromatic carbocycles. The smallest absolute Gasteiger partial charge is 0.0541 e. The molecule has 0 N–H and O–H groups in total. The van der Waals surface area contributed by atoms with Gasteiger partial charge in [0.1, 0.15) is 0 Å². The average Bonchev–Trinajstić information content (AvgIpc) is 3.97. The van der Waals surface area contributed by atoms with Gasteiger partial charge in [-0.2, -0.15) is 0 Å². The lowest BCUT2D eigenvalue weighted by atomic mass is 9.96. The van der Waals surface area contributed by atoms with E-state index in [2.05, 4.69) is 264 Å². The van der Waals surface area contributed by atoms with E-state index >= 15 is 0 Å². The van der Waals surface area contributed by atoms with Gasteiger partial charge in [0.2, 0.25) is 0 Å². The van der Waals surface area contributed by atoms with Crippen LogP contribution in [0.4, 0.5) is 17.1 Å². The van der Waals surface area contributed by atoms with Crippen molar-refractivity contribution in [3.63, 3.8) is 0 Å². The number of nitrogens with zero attached hydrogens (tertiary/aromatic N) is 2. The zero-order valence-corrected chi connectivity index (χ0v) is 38.4. The first-order valence-corrected chi connectivity index (χ1v) is 24.5. The molecule has 322 valence electrons. The lowest BCUT2D eigenvalue weighted by molar-refractivity contribution is 1.18. The normalized spacial score (nSPS) is 11.8. The molecule has 0 saturated heterocycles. The highest BCUT2D eigenvalue weighted by Crippen LogP contribution is 2.44. The van der Waals surface area contributed by atoms with Gasteiger partial charge in [-0.1, -0.05) is 188 Å². The summed E-state index contributed by atoms with van der Waals surface area (Å²) in [6, 6.07) is 93.7. The Morgan fingerprint density at radius 3 is 1.42 bits per heavy atom. The number of hydrogen-bond donors (Lipinski definition) is 0. The monoisotopic (exact) mass is 894 g/mol. The highest BCUT2D eigenvalue weighted by atomic mass is 32.1. The van der Waals surface area contributed by atoms with E-state index in [0.29, 0.717) is 0 Å². The summed E-state index contributed by atoms with van der Waals surface area (Å²) in [4.78, 5) is 2.40. The van der Waals surface area contributed by atoms with Crippen molar-refractivity contribution in [2.45, 2.75) is 0 Å². The third-order valence-electron chi connectivity index (χ3n) is 14.2. The van der Waals surface area contributed by atoms with Gasteiger partial charge in [0.05, 0.1) is 11.0 Å². The fourth-order valence-corrected chi connectivity index (χ4v) is 12.0. The second-order valence-electron chi connectivity index (χ2n) is 18.1. The van der Waals surface area contributed by atoms with Gasteiger partial charge in [0.15, 0.2) is 0 Å². The van der Waals surface area contributed by atoms with Crippen molar-refractivity contribution in [1.82, 2.24) is 4.57 Å². The van der Waals surface area contributed by atoms with E-state index < -0.39 is 0 Å². The van der Waals surface area contributed by atoms with Crippen molar-refractivity contribution in [3.8, 4) is 39.1 Å². The molecular formula is C66H42N2S. The highest BCUT2D eigenvalue weighted by Gasteiger charge is 2.18. The number of thiophene rings is 1. The Morgan fingerprint density at radius 2 is 0.739 bits per heavy atom. The predicted octanol–water partition coefficient (Wildman–Crippen LogP) is 19.1. The second kappa shape index (κ2) is 16.0. The molecule has 0 bridgehead atoms. The van der Waals surface area contributed by atoms with Gasteiger partial charge in [-0.25, -0.2) is 0 Å². The molecular weight excluding hydrogens is 853 g/mol. The Kier molecular flexibility index (Phi) is 9.11. The minimum Gasteiger partial charge on any atom is -0.310 e. The van der Waals surface area contributed by atoms with Crippen LogP contribution in [0.3, 0.4) is 0 Å². The zero-order chi connectivity index (χ0) is 45.4. The number of hydrogen-bond acceptors (Lipinski definition) is 2. The summed E-state index contributed by atoms with van der Waals surface area (Å²) in [7, 11) is 0. The molecule has 0 unspecified atom stereocenters. The van der Waals surface area contributed by atoms with Gasteiger partial charge in [-0.15, -0.1) is 11.3 Å². The van der Waals surface area contributed by atoms with Gasteiger partial charge in [-0.05, 0) is 132 Å². The molecule has 0 spiro atoms. The first-order chi connectivity index (χ1) is 34.2. The summed E-state index contributed by atoms with van der Waals surface area (Å²) in [5.74, 6) is 0. The Morgan fingerprint density at radius 1 is 0.275 bits per heavy atom. The van der Waals surface area contributed by atoms with Crippen molar-refractivity contribution in [1.29, 1.82) is 0 Å². The van der Waals surface area contributed by atoms with Gasteiger partial charge in [0, 0.05) is 53.7 Å². The summed E-state index contributed by atoms with van der Waals surface area (Å²) < 4.78 is 5.00. The minimum absolute atomic E-state index is 1.10. The second-order valence-corrected chi connectivity index (χ2v) is 19.1. The Balaban J connectivity index is 0.823. The van der Waals surface area contributed by atoms with E-state index in [-0.39, 0.29) is 0 Å². The molecule has 3 heteroatoms. The topological polar surface area (TPSA) is 8.17 Å². The molecule has 0 fully saturated rings. The largest absolute Gasteiger partial charge is 0.310 e. The van der Waals surface area contributed by atoms with Crippen LogP contribution in [-0.2, 0) is 0 Å². The van der Waals surface area contributed by atoms with Gasteiger partial charge in [0.25, 0.3) is 0 Å². The minimum atomic E-state index is 1.10. The van der Waals surface area contributed by atoms with Crippen LogP contribution < -0.4 is 4.90 Å². The fraction of sp³-hybridized carbons (Fsp3) is 0. The molecule has 0 amide bonds. The van der Waals surface area contributed by atoms with Crippen LogP contribution in [0, 0.1) is 0 Å². The number of para-hydroxylation sites is 2. The third kappa shape index (κ3) is 6.62. The molecule has 69 heavy (non-hydrogen) atoms. The van der Waals surface area contributed by atoms with E-state index in [9.17, 15) is 0 Å². The quantitative estimate of drug-likeness (QED) is 0.145. The fourth-order valence-electron chi connectivity index (χ4n) is 10.8. The molecule has 14 aromatic rings. The van der Waals surface area contributed by atoms with Crippen molar-refractivity contribution in [3.05, 3.63) is 255 Å². The average molecular weight is 895 g/mol. The van der Waals surface area contributed by atoms with Crippen LogP contribution in [0.25, 0.3) is 113 Å². The number of benzene rings is 12. The van der Waals surface area contributed by atoms with Gasteiger partial charge >= 0.3 is 0 Å². The Hall–Kier alpha value is -8.76. The van der Waals surface area contributed by atoms with Crippen LogP contribution in [0.2, 0.25) is 0 Å². The molecule has 0 radical (unpaired) electrons. The van der Waals surface area contributed by atoms with Crippen molar-refractivity contribution >= 4 is 103 Å². The van der Waals surface area contributed by atoms with E-state index in [0.717, 1.165) is 22.7 Å². The van der Waals surface area contributed by atoms with Crippen LogP contribution in [0.5, 0.6) is 0 Å². The summed E-state index contributed by atoms with van der Waals surface area (Å²) in [6.45, 7) is 0. The zero-order valence-electron chi connectivity index (χ0n) is 37.6. The molecule has 0 saturated carbocycles. The van der Waals surface area contributed by atoms with Gasteiger partial charge < -0.3 is 9.47 Å². The van der Waals surface area contributed by atoms with Crippen LogP contribution >= 0.6 is 11.3 Å². The van der Waals surface area contributed by atoms with Crippen molar-refractivity contribution < 1.29 is 0 Å². The van der Waals surface area contributed by atoms with Crippen molar-refractivity contribution in [2.24, 2.45) is 0 Å². The molecule has 2 aromatic heterocycles. The predicted molar refractivity (Wildman–Crippen MR) is 297 cm³/mol. The Labute approximate surface area is 403 Å². The molecule has 2 nitrogen and oxygen atoms in total. The molecule has 2 heterocycles. The molecule has 0 aliphatic heterocycles. The maximum Gasteiger partial charge on any atom is 0.0541 e. The Bertz CT molecular complexity index is 4240. The number of anilines is 3. The van der Waals surface area contributed by atoms with Crippen molar-refractivity contribution in [2.75, 3.05) is 4.90 Å². The van der Waals surface area contributed by atoms with E-state index in [1.54, 1.807) is 0 Å². The number of rotatable bonds is 7. The number of fused-ring (bicyclic) bond motifs is 11. The molecule has 0 aliphatic carbocycles. The van der Waals surface area contributed by atoms with E-state index in [4.69, 9.17) is 0 Å². The SMILES string of the molecule is c1cc(-c2ccc(N(c3ccc(-c4ccc(-c5ccc6c(ccc7ccccc76)c5)cc4)cc3)c3ccc4c(c3)sc3c5ccccc5ccc43)cc2)cc(-n2c3ccccc3c3ccccc32)c1. The molecule has 14 rings (SSSR count). The summed E-state index contributed by atoms with van der Waals surface area (Å²) >= 11 is 1.89. The molecule has 0 atom stereocenters. The molecule has 0 aliphatic rings. The summed E-state index contributed by atoms with van der Waals surface area (Å²) in [5, 5.41) is 12.8. The summed E-state index contributed by atoms with van der Waals surface area (Å²) in [6.07, 6.45) is 0. The third-order valence-corrected chi connectivity index (χ3v) is 15.4. The maximum atomic E-state index is 2.40. The maximum absolute atomic E-state index is 2.40. The van der Waals surface area contributed by atoms with Crippen LogP contribution in [-0.4, -0.2) is 4.57 Å². The first-order valence-electron chi connectivity index (χ1n) is 23.6. The highest BCUT2D eigenvalue weighted by molar-refractivity contribution is 7.26. The lowest BCUT2D eigenvalue weighted by Crippen LogP contribution is -2.09. The lowest BCUT2D eigenvalue weighted by Gasteiger charge is -2.26. The van der Waals surface area contributed by atoms with Crippen LogP contribution in [0.15, 0.2) is 255 Å². The first kappa shape index (κ1) is 39.4. The summed E-state index contributed by atoms with van der Waals surface area (Å²) in [5.41, 5.74) is 14.1. The number of aromatic nitrogens is 1. The van der Waals surface area contributed by atoms with Gasteiger partial charge in [-0.3, -0.25) is 0 Å². The van der Waals surface area contributed by atoms with E-state index in [1.165, 1.54) is 108 Å². The standard InChI is InChI=1S/C66H42N2S/c1-3-14-56-47(10-1)24-25-51-40-50(31-37-57(51)56)45-22-20-43(21-23-45)44-26-32-52(33-27-44)67(55-36-39-61-62-38-30-48-11-2-4-15-58(48)66(62)69-65(61)42-55)53-34-28-46(29-35-53)49-12-9-13-54(41-49)68-63-18-7-5-16-59(63)60-17-6-8-19-64(60)68/h1-42H. The van der Waals surface area contributed by atoms with E-state index in [1.807, 2.05) is 11.3 Å². The van der Waals surface area contributed by atoms with Crippen LogP contribution in [0.1, 0.15) is 0 Å².